The predicted molar refractivity (Wildman–Crippen MR) is 93.6 cm³/mol. The molecule has 0 amide bonds. The van der Waals surface area contributed by atoms with E-state index in [9.17, 15) is 0 Å². The van der Waals surface area contributed by atoms with Crippen LogP contribution in [0, 0.1) is 0 Å². The van der Waals surface area contributed by atoms with Crippen molar-refractivity contribution < 1.29 is 14.6 Å². The number of fused-ring (bicyclic) bond motifs is 1. The lowest BCUT2D eigenvalue weighted by Gasteiger charge is -2.12. The lowest BCUT2D eigenvalue weighted by atomic mass is 10.3. The van der Waals surface area contributed by atoms with Gasteiger partial charge in [-0.15, -0.1) is 0 Å². The molecule has 2 aromatic carbocycles. The molecule has 0 bridgehead atoms. The Morgan fingerprint density at radius 2 is 1.79 bits per heavy atom. The molecule has 1 N–H and O–H groups in total. The molecule has 24 heavy (non-hydrogen) atoms. The molecule has 0 fully saturated rings. The number of para-hydroxylation sites is 4. The summed E-state index contributed by atoms with van der Waals surface area (Å²) in [6, 6.07) is 15.7. The Morgan fingerprint density at radius 1 is 1.04 bits per heavy atom. The third-order valence-corrected chi connectivity index (χ3v) is 3.93. The minimum absolute atomic E-state index is 0.168. The van der Waals surface area contributed by atoms with Crippen LogP contribution in [0.2, 0.25) is 0 Å². The number of rotatable bonds is 8. The summed E-state index contributed by atoms with van der Waals surface area (Å²) in [7, 11) is 1.64. The van der Waals surface area contributed by atoms with Gasteiger partial charge in [0.1, 0.15) is 12.4 Å². The zero-order valence-corrected chi connectivity index (χ0v) is 13.8. The molecule has 0 unspecified atom stereocenters. The quantitative estimate of drug-likeness (QED) is 0.691. The topological polar surface area (TPSA) is 56.5 Å². The van der Waals surface area contributed by atoms with Gasteiger partial charge >= 0.3 is 0 Å². The van der Waals surface area contributed by atoms with E-state index in [1.54, 1.807) is 7.11 Å². The molecule has 0 spiro atoms. The number of aliphatic hydroxyl groups is 1. The van der Waals surface area contributed by atoms with Crippen LogP contribution in [0.15, 0.2) is 48.5 Å². The molecular formula is C19H22N2O3. The summed E-state index contributed by atoms with van der Waals surface area (Å²) < 4.78 is 13.4. The van der Waals surface area contributed by atoms with Crippen molar-refractivity contribution in [3.05, 3.63) is 54.4 Å². The molecular weight excluding hydrogens is 304 g/mol. The third-order valence-electron chi connectivity index (χ3n) is 3.93. The second-order valence-electron chi connectivity index (χ2n) is 5.49. The molecule has 0 radical (unpaired) electrons. The second-order valence-corrected chi connectivity index (χ2v) is 5.49. The highest BCUT2D eigenvalue weighted by Gasteiger charge is 2.10. The van der Waals surface area contributed by atoms with Crippen molar-refractivity contribution in [1.29, 1.82) is 0 Å². The first kappa shape index (κ1) is 16.3. The SMILES string of the molecule is COc1ccccc1OCCn1c(CCCO)nc2ccccc21. The molecule has 5 nitrogen and oxygen atoms in total. The Kier molecular flexibility index (Phi) is 5.33. The fourth-order valence-corrected chi connectivity index (χ4v) is 2.79. The van der Waals surface area contributed by atoms with Gasteiger partial charge in [-0.25, -0.2) is 4.98 Å². The van der Waals surface area contributed by atoms with Gasteiger partial charge < -0.3 is 19.1 Å². The molecule has 5 heteroatoms. The lowest BCUT2D eigenvalue weighted by molar-refractivity contribution is 0.275. The van der Waals surface area contributed by atoms with Gasteiger partial charge in [-0.3, -0.25) is 0 Å². The highest BCUT2D eigenvalue weighted by Crippen LogP contribution is 2.26. The number of aliphatic hydroxyl groups excluding tert-OH is 1. The van der Waals surface area contributed by atoms with Crippen LogP contribution in [0.3, 0.4) is 0 Å². The number of nitrogens with zero attached hydrogens (tertiary/aromatic N) is 2. The van der Waals surface area contributed by atoms with Gasteiger partial charge in [-0.05, 0) is 30.7 Å². The summed E-state index contributed by atoms with van der Waals surface area (Å²) in [4.78, 5) is 4.68. The van der Waals surface area contributed by atoms with E-state index in [4.69, 9.17) is 14.6 Å². The van der Waals surface area contributed by atoms with Crippen molar-refractivity contribution in [2.24, 2.45) is 0 Å². The van der Waals surface area contributed by atoms with Crippen molar-refractivity contribution in [3.63, 3.8) is 0 Å². The average Bonchev–Trinajstić information content (AvgIpc) is 2.98. The number of hydrogen-bond donors (Lipinski definition) is 1. The molecule has 0 aliphatic carbocycles. The van der Waals surface area contributed by atoms with Gasteiger partial charge in [0.15, 0.2) is 11.5 Å². The Morgan fingerprint density at radius 3 is 2.58 bits per heavy atom. The number of methoxy groups -OCH3 is 1. The van der Waals surface area contributed by atoms with Gasteiger partial charge in [0.25, 0.3) is 0 Å². The second kappa shape index (κ2) is 7.84. The highest BCUT2D eigenvalue weighted by molar-refractivity contribution is 5.75. The zero-order chi connectivity index (χ0) is 16.8. The van der Waals surface area contributed by atoms with Crippen molar-refractivity contribution in [2.45, 2.75) is 19.4 Å². The fraction of sp³-hybridized carbons (Fsp3) is 0.316. The number of ether oxygens (including phenoxy) is 2. The van der Waals surface area contributed by atoms with Crippen LogP contribution in [-0.2, 0) is 13.0 Å². The minimum Gasteiger partial charge on any atom is -0.493 e. The number of aryl methyl sites for hydroxylation is 1. The number of imidazole rings is 1. The molecule has 0 aliphatic rings. The summed E-state index contributed by atoms with van der Waals surface area (Å²) in [5.41, 5.74) is 2.07. The van der Waals surface area contributed by atoms with Crippen LogP contribution >= 0.6 is 0 Å². The molecule has 0 aliphatic heterocycles. The summed E-state index contributed by atoms with van der Waals surface area (Å²) in [6.45, 7) is 1.38. The maximum Gasteiger partial charge on any atom is 0.161 e. The van der Waals surface area contributed by atoms with Crippen molar-refractivity contribution in [3.8, 4) is 11.5 Å². The van der Waals surface area contributed by atoms with Crippen molar-refractivity contribution in [1.82, 2.24) is 9.55 Å². The third kappa shape index (κ3) is 3.51. The van der Waals surface area contributed by atoms with E-state index < -0.39 is 0 Å². The van der Waals surface area contributed by atoms with Gasteiger partial charge in [0, 0.05) is 13.0 Å². The van der Waals surface area contributed by atoms with Crippen molar-refractivity contribution in [2.75, 3.05) is 20.3 Å². The summed E-state index contributed by atoms with van der Waals surface area (Å²) >= 11 is 0. The first-order valence-corrected chi connectivity index (χ1v) is 8.14. The Balaban J connectivity index is 1.76. The maximum absolute atomic E-state index is 9.10. The molecule has 1 aromatic heterocycles. The first-order chi connectivity index (χ1) is 11.8. The van der Waals surface area contributed by atoms with Crippen LogP contribution < -0.4 is 9.47 Å². The first-order valence-electron chi connectivity index (χ1n) is 8.14. The van der Waals surface area contributed by atoms with E-state index in [1.807, 2.05) is 42.5 Å². The number of benzene rings is 2. The smallest absolute Gasteiger partial charge is 0.161 e. The molecule has 3 aromatic rings. The Labute approximate surface area is 141 Å². The van der Waals surface area contributed by atoms with E-state index in [0.717, 1.165) is 34.8 Å². The molecule has 0 saturated carbocycles. The van der Waals surface area contributed by atoms with E-state index in [0.29, 0.717) is 19.6 Å². The lowest BCUT2D eigenvalue weighted by Crippen LogP contribution is -2.12. The van der Waals surface area contributed by atoms with Crippen molar-refractivity contribution >= 4 is 11.0 Å². The molecule has 126 valence electrons. The van der Waals surface area contributed by atoms with Crippen LogP contribution in [0.5, 0.6) is 11.5 Å². The Hall–Kier alpha value is -2.53. The minimum atomic E-state index is 0.168. The summed E-state index contributed by atoms with van der Waals surface area (Å²) in [6.07, 6.45) is 1.45. The fourth-order valence-electron chi connectivity index (χ4n) is 2.79. The van der Waals surface area contributed by atoms with Crippen LogP contribution in [0.1, 0.15) is 12.2 Å². The van der Waals surface area contributed by atoms with Gasteiger partial charge in [-0.1, -0.05) is 24.3 Å². The largest absolute Gasteiger partial charge is 0.493 e. The van der Waals surface area contributed by atoms with E-state index in [1.165, 1.54) is 0 Å². The highest BCUT2D eigenvalue weighted by atomic mass is 16.5. The number of hydrogen-bond acceptors (Lipinski definition) is 4. The van der Waals surface area contributed by atoms with E-state index in [-0.39, 0.29) is 6.61 Å². The van der Waals surface area contributed by atoms with Crippen LogP contribution in [0.25, 0.3) is 11.0 Å². The molecule has 0 saturated heterocycles. The zero-order valence-electron chi connectivity index (χ0n) is 13.8. The summed E-state index contributed by atoms with van der Waals surface area (Å²) in [5, 5.41) is 9.10. The van der Waals surface area contributed by atoms with Crippen LogP contribution in [0.4, 0.5) is 0 Å². The standard InChI is InChI=1S/C19H22N2O3/c1-23-17-9-4-5-10-18(17)24-14-12-21-16-8-3-2-7-15(16)20-19(21)11-6-13-22/h2-5,7-10,22H,6,11-14H2,1H3. The number of aromatic nitrogens is 2. The van der Waals surface area contributed by atoms with Gasteiger partial charge in [0.2, 0.25) is 0 Å². The molecule has 1 heterocycles. The Bertz CT molecular complexity index is 798. The van der Waals surface area contributed by atoms with Crippen LogP contribution in [-0.4, -0.2) is 35.0 Å². The van der Waals surface area contributed by atoms with Gasteiger partial charge in [-0.2, -0.15) is 0 Å². The monoisotopic (exact) mass is 326 g/mol. The normalized spacial score (nSPS) is 10.9. The van der Waals surface area contributed by atoms with Gasteiger partial charge in [0.05, 0.1) is 24.7 Å². The van der Waals surface area contributed by atoms with E-state index >= 15 is 0 Å². The van der Waals surface area contributed by atoms with E-state index in [2.05, 4.69) is 15.6 Å². The molecule has 3 rings (SSSR count). The summed E-state index contributed by atoms with van der Waals surface area (Å²) in [5.74, 6) is 2.45. The predicted octanol–water partition coefficient (Wildman–Crippen LogP) is 3.05. The maximum atomic E-state index is 9.10. The molecule has 0 atom stereocenters. The average molecular weight is 326 g/mol.